The number of aliphatic hydroxyl groups excluding tert-OH is 1. The average Bonchev–Trinajstić information content (AvgIpc) is 2.29. The summed E-state index contributed by atoms with van der Waals surface area (Å²) in [5.41, 5.74) is 0.118. The van der Waals surface area contributed by atoms with Crippen molar-refractivity contribution in [2.24, 2.45) is 0 Å². The van der Waals surface area contributed by atoms with Gasteiger partial charge in [-0.3, -0.25) is 0 Å². The van der Waals surface area contributed by atoms with Crippen LogP contribution < -0.4 is 4.72 Å². The Labute approximate surface area is 101 Å². The third-order valence-corrected chi connectivity index (χ3v) is 3.75. The molecule has 2 N–H and O–H groups in total. The van der Waals surface area contributed by atoms with Crippen molar-refractivity contribution in [3.8, 4) is 0 Å². The van der Waals surface area contributed by atoms with Crippen molar-refractivity contribution in [2.45, 2.75) is 25.1 Å². The van der Waals surface area contributed by atoms with Crippen LogP contribution in [0.3, 0.4) is 0 Å². The molecular formula is C11H16FNO3S. The molecule has 1 aromatic carbocycles. The number of hydrogen-bond acceptors (Lipinski definition) is 3. The number of aliphatic hydroxyl groups is 1. The summed E-state index contributed by atoms with van der Waals surface area (Å²) in [4.78, 5) is 0. The van der Waals surface area contributed by atoms with Crippen molar-refractivity contribution in [1.29, 1.82) is 0 Å². The summed E-state index contributed by atoms with van der Waals surface area (Å²) in [7, 11) is -3.63. The molecule has 96 valence electrons. The van der Waals surface area contributed by atoms with Gasteiger partial charge in [-0.15, -0.1) is 0 Å². The summed E-state index contributed by atoms with van der Waals surface area (Å²) in [6.07, 6.45) is 0.479. The van der Waals surface area contributed by atoms with Gasteiger partial charge in [0.25, 0.3) is 0 Å². The SMILES string of the molecule is CCC(CO)NS(=O)(=O)Cc1ccccc1F. The van der Waals surface area contributed by atoms with Crippen LogP contribution in [0.1, 0.15) is 18.9 Å². The van der Waals surface area contributed by atoms with E-state index < -0.39 is 27.6 Å². The molecule has 0 bridgehead atoms. The largest absolute Gasteiger partial charge is 0.395 e. The van der Waals surface area contributed by atoms with Crippen LogP contribution in [0.15, 0.2) is 24.3 Å². The smallest absolute Gasteiger partial charge is 0.216 e. The van der Waals surface area contributed by atoms with Gasteiger partial charge in [0, 0.05) is 11.6 Å². The summed E-state index contributed by atoms with van der Waals surface area (Å²) < 4.78 is 39.0. The number of rotatable bonds is 6. The summed E-state index contributed by atoms with van der Waals surface area (Å²) >= 11 is 0. The van der Waals surface area contributed by atoms with Crippen LogP contribution in [0, 0.1) is 5.82 Å². The molecule has 0 amide bonds. The molecule has 6 heteroatoms. The average molecular weight is 261 g/mol. The number of halogens is 1. The first-order valence-corrected chi connectivity index (χ1v) is 6.98. The van der Waals surface area contributed by atoms with Gasteiger partial charge < -0.3 is 5.11 Å². The Morgan fingerprint density at radius 3 is 2.59 bits per heavy atom. The fourth-order valence-corrected chi connectivity index (χ4v) is 2.84. The highest BCUT2D eigenvalue weighted by molar-refractivity contribution is 7.88. The molecule has 0 saturated heterocycles. The van der Waals surface area contributed by atoms with E-state index >= 15 is 0 Å². The molecule has 1 atom stereocenters. The number of nitrogens with one attached hydrogen (secondary N) is 1. The zero-order valence-corrected chi connectivity index (χ0v) is 10.4. The van der Waals surface area contributed by atoms with Gasteiger partial charge in [0.1, 0.15) is 5.82 Å². The topological polar surface area (TPSA) is 66.4 Å². The predicted molar refractivity (Wildman–Crippen MR) is 63.3 cm³/mol. The highest BCUT2D eigenvalue weighted by Crippen LogP contribution is 2.10. The highest BCUT2D eigenvalue weighted by atomic mass is 32.2. The molecular weight excluding hydrogens is 245 g/mol. The minimum Gasteiger partial charge on any atom is -0.395 e. The van der Waals surface area contributed by atoms with Gasteiger partial charge >= 0.3 is 0 Å². The van der Waals surface area contributed by atoms with Crippen LogP contribution in [0.5, 0.6) is 0 Å². The molecule has 0 aliphatic heterocycles. The minimum absolute atomic E-state index is 0.118. The van der Waals surface area contributed by atoms with Gasteiger partial charge in [-0.2, -0.15) is 0 Å². The second-order valence-electron chi connectivity index (χ2n) is 3.76. The molecule has 0 saturated carbocycles. The highest BCUT2D eigenvalue weighted by Gasteiger charge is 2.18. The first-order chi connectivity index (χ1) is 7.98. The lowest BCUT2D eigenvalue weighted by Gasteiger charge is -2.14. The van der Waals surface area contributed by atoms with Gasteiger partial charge in [0.2, 0.25) is 10.0 Å². The second kappa shape index (κ2) is 6.09. The molecule has 0 aliphatic carbocycles. The molecule has 0 radical (unpaired) electrons. The molecule has 0 heterocycles. The second-order valence-corrected chi connectivity index (χ2v) is 5.51. The first-order valence-electron chi connectivity index (χ1n) is 5.32. The summed E-state index contributed by atoms with van der Waals surface area (Å²) in [5.74, 6) is -0.967. The van der Waals surface area contributed by atoms with Crippen molar-refractivity contribution in [3.05, 3.63) is 35.6 Å². The van der Waals surface area contributed by atoms with Gasteiger partial charge in [0.15, 0.2) is 0 Å². The third kappa shape index (κ3) is 4.41. The standard InChI is InChI=1S/C11H16FNO3S/c1-2-10(7-14)13-17(15,16)8-9-5-3-4-6-11(9)12/h3-6,10,13-14H,2,7-8H2,1H3. The van der Waals surface area contributed by atoms with Crippen LogP contribution in [0.25, 0.3) is 0 Å². The van der Waals surface area contributed by atoms with Crippen LogP contribution in [-0.2, 0) is 15.8 Å². The lowest BCUT2D eigenvalue weighted by Crippen LogP contribution is -2.37. The van der Waals surface area contributed by atoms with Crippen molar-refractivity contribution in [1.82, 2.24) is 4.72 Å². The van der Waals surface area contributed by atoms with E-state index in [0.717, 1.165) is 0 Å². The molecule has 17 heavy (non-hydrogen) atoms. The molecule has 0 aliphatic rings. The molecule has 0 spiro atoms. The molecule has 0 aromatic heterocycles. The van der Waals surface area contributed by atoms with Crippen LogP contribution >= 0.6 is 0 Å². The Bertz CT molecular complexity index is 458. The fraction of sp³-hybridized carbons (Fsp3) is 0.455. The van der Waals surface area contributed by atoms with Gasteiger partial charge in [-0.25, -0.2) is 17.5 Å². The van der Waals surface area contributed by atoms with E-state index in [2.05, 4.69) is 4.72 Å². The number of benzene rings is 1. The Morgan fingerprint density at radius 2 is 2.06 bits per heavy atom. The van der Waals surface area contributed by atoms with Crippen LogP contribution in [0.4, 0.5) is 4.39 Å². The van der Waals surface area contributed by atoms with Gasteiger partial charge in [0.05, 0.1) is 12.4 Å². The summed E-state index contributed by atoms with van der Waals surface area (Å²) in [5, 5.41) is 8.91. The summed E-state index contributed by atoms with van der Waals surface area (Å²) in [6.45, 7) is 1.49. The van der Waals surface area contributed by atoms with Crippen molar-refractivity contribution < 1.29 is 17.9 Å². The number of sulfonamides is 1. The van der Waals surface area contributed by atoms with Crippen LogP contribution in [0.2, 0.25) is 0 Å². The predicted octanol–water partition coefficient (Wildman–Crippen LogP) is 1.02. The molecule has 0 fully saturated rings. The zero-order chi connectivity index (χ0) is 12.9. The maximum absolute atomic E-state index is 13.3. The monoisotopic (exact) mass is 261 g/mol. The zero-order valence-electron chi connectivity index (χ0n) is 9.56. The van der Waals surface area contributed by atoms with Gasteiger partial charge in [-0.05, 0) is 12.5 Å². The Balaban J connectivity index is 2.77. The van der Waals surface area contributed by atoms with E-state index in [-0.39, 0.29) is 12.2 Å². The van der Waals surface area contributed by atoms with E-state index in [1.54, 1.807) is 13.0 Å². The van der Waals surface area contributed by atoms with E-state index in [4.69, 9.17) is 5.11 Å². The van der Waals surface area contributed by atoms with E-state index in [9.17, 15) is 12.8 Å². The molecule has 1 unspecified atom stereocenters. The Morgan fingerprint density at radius 1 is 1.41 bits per heavy atom. The Hall–Kier alpha value is -0.980. The maximum Gasteiger partial charge on any atom is 0.216 e. The van der Waals surface area contributed by atoms with Gasteiger partial charge in [-0.1, -0.05) is 25.1 Å². The van der Waals surface area contributed by atoms with E-state index in [1.165, 1.54) is 18.2 Å². The Kier molecular flexibility index (Phi) is 5.04. The number of hydrogen-bond donors (Lipinski definition) is 2. The molecule has 1 aromatic rings. The fourth-order valence-electron chi connectivity index (χ4n) is 1.37. The first kappa shape index (κ1) is 14.1. The minimum atomic E-state index is -3.63. The van der Waals surface area contributed by atoms with E-state index in [0.29, 0.717) is 6.42 Å². The lowest BCUT2D eigenvalue weighted by molar-refractivity contribution is 0.253. The van der Waals surface area contributed by atoms with Crippen molar-refractivity contribution in [2.75, 3.05) is 6.61 Å². The lowest BCUT2D eigenvalue weighted by atomic mass is 10.2. The van der Waals surface area contributed by atoms with Crippen LogP contribution in [-0.4, -0.2) is 26.2 Å². The third-order valence-electron chi connectivity index (χ3n) is 2.36. The molecule has 1 rings (SSSR count). The molecule has 4 nitrogen and oxygen atoms in total. The van der Waals surface area contributed by atoms with Crippen molar-refractivity contribution >= 4 is 10.0 Å². The van der Waals surface area contributed by atoms with Crippen molar-refractivity contribution in [3.63, 3.8) is 0 Å². The quantitative estimate of drug-likeness (QED) is 0.803. The maximum atomic E-state index is 13.3. The normalized spacial score (nSPS) is 13.6. The summed E-state index contributed by atoms with van der Waals surface area (Å²) in [6, 6.07) is 5.20. The van der Waals surface area contributed by atoms with E-state index in [1.807, 2.05) is 0 Å².